The van der Waals surface area contributed by atoms with Gasteiger partial charge in [-0.1, -0.05) is 0 Å². The normalized spacial score (nSPS) is 11.9. The van der Waals surface area contributed by atoms with Crippen molar-refractivity contribution in [3.8, 4) is 5.75 Å². The predicted molar refractivity (Wildman–Crippen MR) is 59.7 cm³/mol. The summed E-state index contributed by atoms with van der Waals surface area (Å²) >= 11 is 0. The molecule has 7 heteroatoms. The van der Waals surface area contributed by atoms with Gasteiger partial charge in [0.15, 0.2) is 5.75 Å². The lowest BCUT2D eigenvalue weighted by Gasteiger charge is -2.08. The van der Waals surface area contributed by atoms with Crippen molar-refractivity contribution in [2.75, 3.05) is 19.8 Å². The Bertz CT molecular complexity index is 388. The van der Waals surface area contributed by atoms with Crippen LogP contribution in [0.1, 0.15) is 17.8 Å². The molecule has 0 aliphatic rings. The van der Waals surface area contributed by atoms with Crippen LogP contribution in [0.15, 0.2) is 0 Å². The summed E-state index contributed by atoms with van der Waals surface area (Å²) < 4.78 is 47.0. The number of nitrogens with zero attached hydrogens (tertiary/aromatic N) is 2. The largest absolute Gasteiger partial charge is 0.490 e. The summed E-state index contributed by atoms with van der Waals surface area (Å²) in [5, 5.41) is 4.17. The second-order valence-electron chi connectivity index (χ2n) is 3.99. The van der Waals surface area contributed by atoms with Crippen molar-refractivity contribution in [2.45, 2.75) is 26.4 Å². The molecule has 0 bridgehead atoms. The fourth-order valence-corrected chi connectivity index (χ4v) is 1.49. The van der Waals surface area contributed by atoms with Crippen molar-refractivity contribution in [2.24, 2.45) is 7.05 Å². The van der Waals surface area contributed by atoms with E-state index in [0.29, 0.717) is 18.8 Å². The number of halogens is 3. The Morgan fingerprint density at radius 2 is 1.89 bits per heavy atom. The first-order chi connectivity index (χ1) is 8.31. The number of alkyl halides is 3. The zero-order chi connectivity index (χ0) is 13.8. The van der Waals surface area contributed by atoms with E-state index in [1.165, 1.54) is 0 Å². The van der Waals surface area contributed by atoms with Crippen molar-refractivity contribution in [1.82, 2.24) is 9.78 Å². The molecule has 0 unspecified atom stereocenters. The number of hydrogen-bond acceptors (Lipinski definition) is 3. The highest BCUT2D eigenvalue weighted by molar-refractivity contribution is 5.31. The summed E-state index contributed by atoms with van der Waals surface area (Å²) in [5.41, 5.74) is 1.66. The highest BCUT2D eigenvalue weighted by atomic mass is 19.4. The summed E-state index contributed by atoms with van der Waals surface area (Å²) in [6.07, 6.45) is -3.86. The molecule has 0 spiro atoms. The lowest BCUT2D eigenvalue weighted by molar-refractivity contribution is -0.174. The molecule has 0 aromatic carbocycles. The van der Waals surface area contributed by atoms with Crippen LogP contribution in [-0.2, 0) is 11.8 Å². The van der Waals surface area contributed by atoms with Crippen molar-refractivity contribution in [1.29, 1.82) is 0 Å². The van der Waals surface area contributed by atoms with E-state index in [4.69, 9.17) is 4.74 Å². The zero-order valence-electron chi connectivity index (χ0n) is 10.7. The summed E-state index contributed by atoms with van der Waals surface area (Å²) in [4.78, 5) is 0. The summed E-state index contributed by atoms with van der Waals surface area (Å²) in [6, 6.07) is 0. The molecular formula is C11H17F3N2O2. The molecule has 0 saturated carbocycles. The Balaban J connectivity index is 2.22. The van der Waals surface area contributed by atoms with Gasteiger partial charge in [-0.05, 0) is 13.8 Å². The number of aromatic nitrogens is 2. The van der Waals surface area contributed by atoms with Crippen LogP contribution in [0.5, 0.6) is 5.75 Å². The van der Waals surface area contributed by atoms with Crippen molar-refractivity contribution < 1.29 is 22.6 Å². The van der Waals surface area contributed by atoms with E-state index in [2.05, 4.69) is 9.84 Å². The Hall–Kier alpha value is -1.24. The molecule has 1 rings (SSSR count). The maximum absolute atomic E-state index is 11.8. The van der Waals surface area contributed by atoms with E-state index < -0.39 is 12.8 Å². The number of hydrogen-bond donors (Lipinski definition) is 0. The van der Waals surface area contributed by atoms with E-state index in [1.54, 1.807) is 4.68 Å². The monoisotopic (exact) mass is 266 g/mol. The average Bonchev–Trinajstić information content (AvgIpc) is 2.47. The molecule has 18 heavy (non-hydrogen) atoms. The average molecular weight is 266 g/mol. The Labute approximate surface area is 104 Å². The van der Waals surface area contributed by atoms with Gasteiger partial charge in [-0.15, -0.1) is 0 Å². The van der Waals surface area contributed by atoms with Crippen LogP contribution in [0.2, 0.25) is 0 Å². The van der Waals surface area contributed by atoms with E-state index in [-0.39, 0.29) is 6.61 Å². The molecule has 0 amide bonds. The second kappa shape index (κ2) is 6.08. The van der Waals surface area contributed by atoms with Crippen LogP contribution in [0.3, 0.4) is 0 Å². The number of ether oxygens (including phenoxy) is 2. The molecule has 0 atom stereocenters. The van der Waals surface area contributed by atoms with Gasteiger partial charge in [-0.3, -0.25) is 4.68 Å². The smallest absolute Gasteiger partial charge is 0.411 e. The quantitative estimate of drug-likeness (QED) is 0.742. The highest BCUT2D eigenvalue weighted by Gasteiger charge is 2.27. The SMILES string of the molecule is Cc1nn(C)c(C)c1OCCCOCC(F)(F)F. The van der Waals surface area contributed by atoms with Gasteiger partial charge in [0.1, 0.15) is 12.3 Å². The standard InChI is InChI=1S/C11H17F3N2O2/c1-8-10(9(2)16(3)15-8)18-6-4-5-17-7-11(12,13)14/h4-7H2,1-3H3. The van der Waals surface area contributed by atoms with Gasteiger partial charge in [0.25, 0.3) is 0 Å². The van der Waals surface area contributed by atoms with Gasteiger partial charge < -0.3 is 9.47 Å². The minimum atomic E-state index is -4.27. The van der Waals surface area contributed by atoms with E-state index in [0.717, 1.165) is 11.4 Å². The maximum atomic E-state index is 11.8. The first-order valence-electron chi connectivity index (χ1n) is 5.59. The minimum absolute atomic E-state index is 0.0257. The summed E-state index contributed by atoms with van der Waals surface area (Å²) in [5.74, 6) is 0.688. The molecule has 0 radical (unpaired) electrons. The molecule has 0 saturated heterocycles. The van der Waals surface area contributed by atoms with Gasteiger partial charge in [0.05, 0.1) is 18.9 Å². The number of aryl methyl sites for hydroxylation is 2. The molecular weight excluding hydrogens is 249 g/mol. The molecule has 4 nitrogen and oxygen atoms in total. The minimum Gasteiger partial charge on any atom is -0.490 e. The van der Waals surface area contributed by atoms with Crippen LogP contribution < -0.4 is 4.74 Å². The van der Waals surface area contributed by atoms with Crippen molar-refractivity contribution >= 4 is 0 Å². The van der Waals surface area contributed by atoms with Gasteiger partial charge in [0, 0.05) is 13.5 Å². The van der Waals surface area contributed by atoms with Crippen LogP contribution in [0, 0.1) is 13.8 Å². The molecule has 104 valence electrons. The summed E-state index contributed by atoms with van der Waals surface area (Å²) in [6.45, 7) is 2.82. The first-order valence-corrected chi connectivity index (χ1v) is 5.59. The van der Waals surface area contributed by atoms with Crippen LogP contribution in [0.25, 0.3) is 0 Å². The van der Waals surface area contributed by atoms with Gasteiger partial charge in [0.2, 0.25) is 0 Å². The third-order valence-electron chi connectivity index (χ3n) is 2.39. The Kier molecular flexibility index (Phi) is 5.01. The zero-order valence-corrected chi connectivity index (χ0v) is 10.7. The van der Waals surface area contributed by atoms with Crippen LogP contribution >= 0.6 is 0 Å². The molecule has 0 N–H and O–H groups in total. The summed E-state index contributed by atoms with van der Waals surface area (Å²) in [7, 11) is 1.81. The number of rotatable bonds is 6. The van der Waals surface area contributed by atoms with Gasteiger partial charge in [-0.2, -0.15) is 18.3 Å². The fourth-order valence-electron chi connectivity index (χ4n) is 1.49. The van der Waals surface area contributed by atoms with E-state index >= 15 is 0 Å². The van der Waals surface area contributed by atoms with Crippen LogP contribution in [0.4, 0.5) is 13.2 Å². The van der Waals surface area contributed by atoms with Gasteiger partial charge in [-0.25, -0.2) is 0 Å². The van der Waals surface area contributed by atoms with E-state index in [1.807, 2.05) is 20.9 Å². The molecule has 1 heterocycles. The predicted octanol–water partition coefficient (Wildman–Crippen LogP) is 2.38. The molecule has 0 aliphatic heterocycles. The highest BCUT2D eigenvalue weighted by Crippen LogP contribution is 2.21. The molecule has 0 aliphatic carbocycles. The lowest BCUT2D eigenvalue weighted by Crippen LogP contribution is -2.18. The Morgan fingerprint density at radius 1 is 1.22 bits per heavy atom. The lowest BCUT2D eigenvalue weighted by atomic mass is 10.3. The van der Waals surface area contributed by atoms with E-state index in [9.17, 15) is 13.2 Å². The Morgan fingerprint density at radius 3 is 2.39 bits per heavy atom. The third kappa shape index (κ3) is 4.56. The van der Waals surface area contributed by atoms with Crippen LogP contribution in [-0.4, -0.2) is 35.8 Å². The van der Waals surface area contributed by atoms with Gasteiger partial charge >= 0.3 is 6.18 Å². The third-order valence-corrected chi connectivity index (χ3v) is 2.39. The topological polar surface area (TPSA) is 36.3 Å². The fraction of sp³-hybridized carbons (Fsp3) is 0.727. The molecule has 1 aromatic heterocycles. The maximum Gasteiger partial charge on any atom is 0.411 e. The second-order valence-corrected chi connectivity index (χ2v) is 3.99. The molecule has 1 aromatic rings. The van der Waals surface area contributed by atoms with Crippen molar-refractivity contribution in [3.63, 3.8) is 0 Å². The first kappa shape index (κ1) is 14.8. The molecule has 0 fully saturated rings. The van der Waals surface area contributed by atoms with Crippen molar-refractivity contribution in [3.05, 3.63) is 11.4 Å².